The number of aliphatic imine (C=N–C) groups is 1. The van der Waals surface area contributed by atoms with Gasteiger partial charge < -0.3 is 9.84 Å². The summed E-state index contributed by atoms with van der Waals surface area (Å²) in [6, 6.07) is 17.4. The number of rotatable bonds is 6. The molecule has 1 N–H and O–H groups in total. The van der Waals surface area contributed by atoms with Crippen molar-refractivity contribution < 1.29 is 9.84 Å². The lowest BCUT2D eigenvalue weighted by atomic mass is 9.92. The van der Waals surface area contributed by atoms with Crippen LogP contribution >= 0.6 is 0 Å². The molecular formula is C25H31NO2. The lowest BCUT2D eigenvalue weighted by molar-refractivity contribution is 0.299. The number of aliphatic hydroxyl groups is 1. The molecule has 0 aliphatic heterocycles. The van der Waals surface area contributed by atoms with Crippen LogP contribution in [0.4, 0.5) is 0 Å². The molecular weight excluding hydrogens is 346 g/mol. The molecule has 1 aliphatic rings. The molecule has 0 unspecified atom stereocenters. The fourth-order valence-corrected chi connectivity index (χ4v) is 3.13. The van der Waals surface area contributed by atoms with Crippen molar-refractivity contribution in [3.8, 4) is 11.5 Å². The standard InChI is InChI=1S/C14H14O2.C11H17N/c15-11-10-12-6-8-14(9-7-12)16-13-4-2-1-3-5-13;1-4-12-11-8-6-5-7-10(11)9(2)3/h1-9,15H,10-11H2;4H,2,5-8H2,1,3H3. The molecule has 3 rings (SSSR count). The van der Waals surface area contributed by atoms with Gasteiger partial charge in [0.05, 0.1) is 0 Å². The first-order valence-corrected chi connectivity index (χ1v) is 9.93. The topological polar surface area (TPSA) is 41.8 Å². The van der Waals surface area contributed by atoms with Gasteiger partial charge in [0.1, 0.15) is 11.5 Å². The van der Waals surface area contributed by atoms with Crippen LogP contribution in [0.3, 0.4) is 0 Å². The van der Waals surface area contributed by atoms with Crippen molar-refractivity contribution >= 4 is 6.21 Å². The summed E-state index contributed by atoms with van der Waals surface area (Å²) in [7, 11) is 0. The predicted octanol–water partition coefficient (Wildman–Crippen LogP) is 6.50. The molecule has 3 heteroatoms. The number of aliphatic hydroxyl groups excluding tert-OH is 1. The summed E-state index contributed by atoms with van der Waals surface area (Å²) in [4.78, 5) is 4.38. The number of hydrogen-bond donors (Lipinski definition) is 1. The smallest absolute Gasteiger partial charge is 0.127 e. The zero-order valence-corrected chi connectivity index (χ0v) is 17.0. The van der Waals surface area contributed by atoms with E-state index in [0.29, 0.717) is 6.42 Å². The van der Waals surface area contributed by atoms with Crippen LogP contribution in [-0.2, 0) is 6.42 Å². The second-order valence-electron chi connectivity index (χ2n) is 6.83. The third kappa shape index (κ3) is 7.16. The fourth-order valence-electron chi connectivity index (χ4n) is 3.13. The van der Waals surface area contributed by atoms with Crippen molar-refractivity contribution in [2.75, 3.05) is 6.61 Å². The van der Waals surface area contributed by atoms with Crippen LogP contribution in [0, 0.1) is 0 Å². The summed E-state index contributed by atoms with van der Waals surface area (Å²) < 4.78 is 5.65. The van der Waals surface area contributed by atoms with Crippen molar-refractivity contribution in [2.45, 2.75) is 46.0 Å². The summed E-state index contributed by atoms with van der Waals surface area (Å²) >= 11 is 0. The average Bonchev–Trinajstić information content (AvgIpc) is 2.71. The second kappa shape index (κ2) is 11.9. The number of benzene rings is 2. The highest BCUT2D eigenvalue weighted by Gasteiger charge is 2.11. The Morgan fingerprint density at radius 3 is 2.29 bits per heavy atom. The van der Waals surface area contributed by atoms with E-state index in [1.807, 2.05) is 67.7 Å². The minimum Gasteiger partial charge on any atom is -0.457 e. The van der Waals surface area contributed by atoms with E-state index in [0.717, 1.165) is 23.5 Å². The van der Waals surface area contributed by atoms with Gasteiger partial charge >= 0.3 is 0 Å². The first-order valence-electron chi connectivity index (χ1n) is 9.93. The molecule has 0 saturated heterocycles. The van der Waals surface area contributed by atoms with Gasteiger partial charge in [0.15, 0.2) is 0 Å². The van der Waals surface area contributed by atoms with Crippen molar-refractivity contribution in [2.24, 2.45) is 4.99 Å². The Hall–Kier alpha value is -2.65. The van der Waals surface area contributed by atoms with Gasteiger partial charge in [-0.15, -0.1) is 0 Å². The van der Waals surface area contributed by atoms with Crippen LogP contribution in [0.5, 0.6) is 11.5 Å². The van der Waals surface area contributed by atoms with Gasteiger partial charge in [-0.3, -0.25) is 4.99 Å². The monoisotopic (exact) mass is 377 g/mol. The van der Waals surface area contributed by atoms with Gasteiger partial charge in [-0.1, -0.05) is 42.5 Å². The zero-order chi connectivity index (χ0) is 20.2. The summed E-state index contributed by atoms with van der Waals surface area (Å²) in [5.41, 5.74) is 4.95. The molecule has 28 heavy (non-hydrogen) atoms. The third-order valence-corrected chi connectivity index (χ3v) is 4.54. The van der Waals surface area contributed by atoms with E-state index in [4.69, 9.17) is 9.84 Å². The number of nitrogens with zero attached hydrogens (tertiary/aromatic N) is 1. The van der Waals surface area contributed by atoms with Crippen LogP contribution in [0.15, 0.2) is 83.0 Å². The molecule has 0 heterocycles. The van der Waals surface area contributed by atoms with Gasteiger partial charge in [-0.05, 0) is 81.4 Å². The molecule has 148 valence electrons. The van der Waals surface area contributed by atoms with E-state index in [2.05, 4.69) is 18.5 Å². The van der Waals surface area contributed by atoms with Gasteiger partial charge in [0.25, 0.3) is 0 Å². The maximum Gasteiger partial charge on any atom is 0.127 e. The Morgan fingerprint density at radius 2 is 1.68 bits per heavy atom. The Labute approximate surface area is 169 Å². The molecule has 0 spiro atoms. The number of hydrogen-bond acceptors (Lipinski definition) is 3. The second-order valence-corrected chi connectivity index (χ2v) is 6.83. The maximum absolute atomic E-state index is 8.79. The molecule has 2 aromatic carbocycles. The Bertz CT molecular complexity index is 789. The van der Waals surface area contributed by atoms with E-state index in [9.17, 15) is 0 Å². The average molecular weight is 378 g/mol. The summed E-state index contributed by atoms with van der Waals surface area (Å²) in [6.07, 6.45) is 7.44. The Balaban J connectivity index is 0.000000209. The molecule has 0 saturated carbocycles. The van der Waals surface area contributed by atoms with Gasteiger partial charge in [0, 0.05) is 18.5 Å². The minimum atomic E-state index is 0.179. The molecule has 3 nitrogen and oxygen atoms in total. The lowest BCUT2D eigenvalue weighted by Gasteiger charge is -2.17. The molecule has 1 aliphatic carbocycles. The SMILES string of the molecule is C=C(C)C1=C(N=CC)CCCC1.OCCc1ccc(Oc2ccccc2)cc1. The Kier molecular flexibility index (Phi) is 9.23. The normalized spacial score (nSPS) is 13.8. The van der Waals surface area contributed by atoms with Gasteiger partial charge in [0.2, 0.25) is 0 Å². The van der Waals surface area contributed by atoms with Crippen molar-refractivity contribution in [3.05, 3.63) is 83.6 Å². The zero-order valence-electron chi connectivity index (χ0n) is 17.0. The van der Waals surface area contributed by atoms with E-state index < -0.39 is 0 Å². The minimum absolute atomic E-state index is 0.179. The molecule has 0 radical (unpaired) electrons. The third-order valence-electron chi connectivity index (χ3n) is 4.54. The van der Waals surface area contributed by atoms with Crippen LogP contribution in [0.25, 0.3) is 0 Å². The lowest BCUT2D eigenvalue weighted by Crippen LogP contribution is -1.99. The number of allylic oxidation sites excluding steroid dienone is 3. The highest BCUT2D eigenvalue weighted by molar-refractivity contribution is 5.56. The molecule has 2 aromatic rings. The van der Waals surface area contributed by atoms with Crippen molar-refractivity contribution in [3.63, 3.8) is 0 Å². The first kappa shape index (κ1) is 21.6. The molecule has 0 aromatic heterocycles. The number of para-hydroxylation sites is 1. The van der Waals surface area contributed by atoms with Crippen LogP contribution in [0.2, 0.25) is 0 Å². The summed E-state index contributed by atoms with van der Waals surface area (Å²) in [5.74, 6) is 1.64. The highest BCUT2D eigenvalue weighted by atomic mass is 16.5. The largest absolute Gasteiger partial charge is 0.457 e. The quantitative estimate of drug-likeness (QED) is 0.584. The van der Waals surface area contributed by atoms with Crippen LogP contribution in [0.1, 0.15) is 45.1 Å². The predicted molar refractivity (Wildman–Crippen MR) is 118 cm³/mol. The molecule has 0 amide bonds. The summed E-state index contributed by atoms with van der Waals surface area (Å²) in [5, 5.41) is 8.79. The summed E-state index contributed by atoms with van der Waals surface area (Å²) in [6.45, 7) is 8.20. The fraction of sp³-hybridized carbons (Fsp3) is 0.320. The van der Waals surface area contributed by atoms with E-state index in [-0.39, 0.29) is 6.61 Å². The molecule has 0 bridgehead atoms. The van der Waals surface area contributed by atoms with E-state index in [1.54, 1.807) is 0 Å². The van der Waals surface area contributed by atoms with Crippen LogP contribution in [-0.4, -0.2) is 17.9 Å². The van der Waals surface area contributed by atoms with Crippen LogP contribution < -0.4 is 4.74 Å². The van der Waals surface area contributed by atoms with Crippen molar-refractivity contribution in [1.82, 2.24) is 0 Å². The maximum atomic E-state index is 8.79. The van der Waals surface area contributed by atoms with E-state index >= 15 is 0 Å². The molecule has 0 atom stereocenters. The number of ether oxygens (including phenoxy) is 1. The first-order chi connectivity index (χ1) is 13.6. The van der Waals surface area contributed by atoms with Gasteiger partial charge in [-0.25, -0.2) is 0 Å². The Morgan fingerprint density at radius 1 is 1.04 bits per heavy atom. The van der Waals surface area contributed by atoms with Gasteiger partial charge in [-0.2, -0.15) is 0 Å². The highest BCUT2D eigenvalue weighted by Crippen LogP contribution is 2.29. The molecule has 0 fully saturated rings. The van der Waals surface area contributed by atoms with E-state index in [1.165, 1.54) is 36.1 Å². The van der Waals surface area contributed by atoms with Crippen molar-refractivity contribution in [1.29, 1.82) is 0 Å².